The standard InChI is InChI=1S/C31H47N5O9S/c1-19(2)27(29(41)33-21(4)28(40)34-23-9-7-22(8-10-23)18-45-31(43)46(5)6)35-25(38)12-15-44-16-13-32-24(37)11-14-36-26(39)17-20(3)30(36)42/h7-10,19-21,27,46H,11-18H2,1-6H3,(H,32,37)(H,33,41)(H,34,40)(H,35,38)/t20?,21-,27-/m0/s1. The number of rotatable bonds is 17. The van der Waals surface area contributed by atoms with Crippen LogP contribution in [0.25, 0.3) is 0 Å². The number of carbonyl (C=O) groups excluding carboxylic acids is 7. The Balaban J connectivity index is 1.67. The van der Waals surface area contributed by atoms with Crippen molar-refractivity contribution in [1.82, 2.24) is 20.9 Å². The lowest BCUT2D eigenvalue weighted by Crippen LogP contribution is -2.53. The van der Waals surface area contributed by atoms with Gasteiger partial charge in [-0.15, -0.1) is 0 Å². The van der Waals surface area contributed by atoms with Crippen molar-refractivity contribution < 1.29 is 43.0 Å². The Morgan fingerprint density at radius 3 is 2.20 bits per heavy atom. The minimum atomic E-state index is -0.891. The summed E-state index contributed by atoms with van der Waals surface area (Å²) in [5, 5.41) is 10.4. The molecular weight excluding hydrogens is 618 g/mol. The van der Waals surface area contributed by atoms with E-state index in [0.717, 1.165) is 10.5 Å². The van der Waals surface area contributed by atoms with Gasteiger partial charge in [0.1, 0.15) is 18.7 Å². The van der Waals surface area contributed by atoms with Crippen molar-refractivity contribution in [3.05, 3.63) is 29.8 Å². The molecule has 0 spiro atoms. The number of nitrogens with one attached hydrogen (secondary N) is 4. The van der Waals surface area contributed by atoms with E-state index in [4.69, 9.17) is 9.47 Å². The van der Waals surface area contributed by atoms with Gasteiger partial charge in [0, 0.05) is 44.0 Å². The van der Waals surface area contributed by atoms with E-state index in [1.54, 1.807) is 45.0 Å². The first-order valence-corrected chi connectivity index (χ1v) is 17.5. The van der Waals surface area contributed by atoms with E-state index in [-0.39, 0.29) is 87.0 Å². The number of ether oxygens (including phenoxy) is 2. The normalized spacial score (nSPS) is 16.0. The molecule has 1 aromatic rings. The second-order valence-corrected chi connectivity index (χ2v) is 13.8. The Morgan fingerprint density at radius 2 is 1.61 bits per heavy atom. The van der Waals surface area contributed by atoms with Crippen LogP contribution in [0.1, 0.15) is 52.5 Å². The minimum absolute atomic E-state index is 0.00232. The van der Waals surface area contributed by atoms with Crippen LogP contribution in [-0.2, 0) is 44.8 Å². The first kappa shape index (κ1) is 38.2. The molecule has 0 aromatic heterocycles. The molecule has 0 aliphatic carbocycles. The molecule has 1 aromatic carbocycles. The van der Waals surface area contributed by atoms with Gasteiger partial charge in [0.05, 0.1) is 13.2 Å². The van der Waals surface area contributed by atoms with E-state index in [9.17, 15) is 33.6 Å². The van der Waals surface area contributed by atoms with Gasteiger partial charge < -0.3 is 30.7 Å². The summed E-state index contributed by atoms with van der Waals surface area (Å²) in [4.78, 5) is 86.6. The van der Waals surface area contributed by atoms with Crippen LogP contribution in [0.3, 0.4) is 0 Å². The third-order valence-corrected chi connectivity index (χ3v) is 7.90. The summed E-state index contributed by atoms with van der Waals surface area (Å²) in [6.45, 7) is 7.32. The molecule has 15 heteroatoms. The van der Waals surface area contributed by atoms with Crippen LogP contribution in [0.5, 0.6) is 0 Å². The number of thiol groups is 1. The highest BCUT2D eigenvalue weighted by atomic mass is 32.2. The van der Waals surface area contributed by atoms with Crippen LogP contribution >= 0.6 is 10.9 Å². The minimum Gasteiger partial charge on any atom is -0.454 e. The predicted molar refractivity (Wildman–Crippen MR) is 174 cm³/mol. The third-order valence-electron chi connectivity index (χ3n) is 7.04. The molecule has 1 aliphatic heterocycles. The van der Waals surface area contributed by atoms with Crippen LogP contribution in [0, 0.1) is 11.8 Å². The molecule has 256 valence electrons. The highest BCUT2D eigenvalue weighted by molar-refractivity contribution is 8.28. The molecule has 46 heavy (non-hydrogen) atoms. The zero-order chi connectivity index (χ0) is 34.4. The zero-order valence-corrected chi connectivity index (χ0v) is 28.2. The summed E-state index contributed by atoms with van der Waals surface area (Å²) in [5.41, 5.74) is 1.28. The lowest BCUT2D eigenvalue weighted by atomic mass is 10.0. The van der Waals surface area contributed by atoms with Crippen molar-refractivity contribution in [3.8, 4) is 0 Å². The molecule has 6 amide bonds. The van der Waals surface area contributed by atoms with Crippen molar-refractivity contribution >= 4 is 57.3 Å². The first-order chi connectivity index (χ1) is 21.7. The third kappa shape index (κ3) is 12.8. The van der Waals surface area contributed by atoms with Crippen molar-refractivity contribution in [1.29, 1.82) is 0 Å². The van der Waals surface area contributed by atoms with E-state index in [2.05, 4.69) is 21.3 Å². The summed E-state index contributed by atoms with van der Waals surface area (Å²) in [6, 6.07) is 5.04. The van der Waals surface area contributed by atoms with Gasteiger partial charge in [0.15, 0.2) is 0 Å². The number of nitrogens with zero attached hydrogens (tertiary/aromatic N) is 1. The van der Waals surface area contributed by atoms with Crippen LogP contribution in [0.15, 0.2) is 24.3 Å². The highest BCUT2D eigenvalue weighted by Crippen LogP contribution is 2.20. The summed E-state index contributed by atoms with van der Waals surface area (Å²) >= 11 is 0. The van der Waals surface area contributed by atoms with Gasteiger partial charge in [0.25, 0.3) is 0 Å². The van der Waals surface area contributed by atoms with E-state index >= 15 is 0 Å². The van der Waals surface area contributed by atoms with Crippen LogP contribution in [0.4, 0.5) is 10.5 Å². The number of imide groups is 1. The predicted octanol–water partition coefficient (Wildman–Crippen LogP) is 1.48. The number of benzene rings is 1. The average molecular weight is 666 g/mol. The van der Waals surface area contributed by atoms with Crippen LogP contribution in [0.2, 0.25) is 0 Å². The lowest BCUT2D eigenvalue weighted by Gasteiger charge is -2.24. The molecule has 1 heterocycles. The maximum absolute atomic E-state index is 12.9. The molecule has 1 fully saturated rings. The Kier molecular flexibility index (Phi) is 15.7. The Hall–Kier alpha value is -3.98. The van der Waals surface area contributed by atoms with Gasteiger partial charge >= 0.3 is 5.30 Å². The Labute approximate surface area is 272 Å². The van der Waals surface area contributed by atoms with E-state index in [1.165, 1.54) is 6.92 Å². The van der Waals surface area contributed by atoms with Crippen molar-refractivity contribution in [2.24, 2.45) is 11.8 Å². The topological polar surface area (TPSA) is 189 Å². The number of hydrogen-bond acceptors (Lipinski definition) is 9. The van der Waals surface area contributed by atoms with Gasteiger partial charge in [-0.1, -0.05) is 32.9 Å². The van der Waals surface area contributed by atoms with Gasteiger partial charge in [-0.05, 0) is 43.0 Å². The maximum Gasteiger partial charge on any atom is 0.346 e. The number of hydrogen-bond donors (Lipinski definition) is 5. The number of anilines is 1. The van der Waals surface area contributed by atoms with E-state index < -0.39 is 40.7 Å². The SMILES string of the molecule is CC1CC(=O)N(CCC(=O)NCCOCCC(=O)N[C@H](C(=O)N[C@@H](C)C(=O)Nc2ccc(COC(=O)[SH](C)C)cc2)C(C)C)C1=O. The van der Waals surface area contributed by atoms with Crippen LogP contribution < -0.4 is 21.3 Å². The summed E-state index contributed by atoms with van der Waals surface area (Å²) in [5.74, 6) is -2.84. The van der Waals surface area contributed by atoms with E-state index in [1.807, 2.05) is 12.5 Å². The van der Waals surface area contributed by atoms with Gasteiger partial charge in [-0.3, -0.25) is 33.7 Å². The molecule has 3 atom stereocenters. The summed E-state index contributed by atoms with van der Waals surface area (Å²) in [6.07, 6.45) is 3.77. The largest absolute Gasteiger partial charge is 0.454 e. The molecule has 0 bridgehead atoms. The Morgan fingerprint density at radius 1 is 0.935 bits per heavy atom. The number of carbonyl (C=O) groups is 7. The second kappa shape index (κ2) is 18.9. The Bertz CT molecular complexity index is 1260. The summed E-state index contributed by atoms with van der Waals surface area (Å²) in [7, 11) is -0.825. The molecule has 14 nitrogen and oxygen atoms in total. The smallest absolute Gasteiger partial charge is 0.346 e. The van der Waals surface area contributed by atoms with Crippen molar-refractivity contribution in [3.63, 3.8) is 0 Å². The first-order valence-electron chi connectivity index (χ1n) is 15.2. The second-order valence-electron chi connectivity index (χ2n) is 11.6. The van der Waals surface area contributed by atoms with Gasteiger partial charge in [-0.25, -0.2) is 4.79 Å². The molecule has 4 N–H and O–H groups in total. The zero-order valence-electron chi connectivity index (χ0n) is 27.3. The van der Waals surface area contributed by atoms with Gasteiger partial charge in [-0.2, -0.15) is 10.9 Å². The quantitative estimate of drug-likeness (QED) is 0.0710. The summed E-state index contributed by atoms with van der Waals surface area (Å²) < 4.78 is 10.6. The molecule has 0 saturated carbocycles. The average Bonchev–Trinajstić information content (AvgIpc) is 3.24. The van der Waals surface area contributed by atoms with Crippen molar-refractivity contribution in [2.75, 3.05) is 44.1 Å². The lowest BCUT2D eigenvalue weighted by molar-refractivity contribution is -0.139. The van der Waals surface area contributed by atoms with Crippen LogP contribution in [-0.4, -0.2) is 96.5 Å². The number of amides is 6. The number of likely N-dealkylation sites (tertiary alicyclic amines) is 1. The molecule has 1 unspecified atom stereocenters. The maximum atomic E-state index is 12.9. The fourth-order valence-electron chi connectivity index (χ4n) is 4.27. The monoisotopic (exact) mass is 665 g/mol. The highest BCUT2D eigenvalue weighted by Gasteiger charge is 2.35. The molecular formula is C31H47N5O9S. The fourth-order valence-corrected chi connectivity index (χ4v) is 4.60. The van der Waals surface area contributed by atoms with Gasteiger partial charge in [0.2, 0.25) is 35.4 Å². The molecule has 1 saturated heterocycles. The molecule has 0 radical (unpaired) electrons. The molecule has 1 aliphatic rings. The van der Waals surface area contributed by atoms with Crippen molar-refractivity contribution in [2.45, 2.75) is 65.6 Å². The molecule has 2 rings (SSSR count). The van der Waals surface area contributed by atoms with E-state index in [0.29, 0.717) is 5.69 Å². The fraction of sp³-hybridized carbons (Fsp3) is 0.581.